The maximum absolute atomic E-state index is 4.11. The van der Waals surface area contributed by atoms with Gasteiger partial charge in [-0.15, -0.1) is 0 Å². The van der Waals surface area contributed by atoms with Crippen LogP contribution in [0.2, 0.25) is 0 Å². The largest absolute Gasteiger partial charge is 0.160 e. The Hall–Kier alpha value is -0.660. The molecule has 0 aromatic heterocycles. The summed E-state index contributed by atoms with van der Waals surface area (Å²) in [7, 11) is 0. The molecule has 2 rings (SSSR count). The van der Waals surface area contributed by atoms with Gasteiger partial charge in [-0.1, -0.05) is 6.92 Å². The third kappa shape index (κ3) is 0.542. The molecule has 1 aliphatic heterocycles. The van der Waals surface area contributed by atoms with E-state index in [0.717, 1.165) is 0 Å². The maximum Gasteiger partial charge on any atom is 0.0440 e. The summed E-state index contributed by atoms with van der Waals surface area (Å²) >= 11 is 0. The number of fused-ring (bicyclic) bond motifs is 1. The van der Waals surface area contributed by atoms with Crippen molar-refractivity contribution >= 4 is 11.4 Å². The van der Waals surface area contributed by atoms with Crippen LogP contribution in [0, 0.1) is 11.3 Å². The Labute approximate surface area is 61.0 Å². The van der Waals surface area contributed by atoms with E-state index >= 15 is 0 Å². The molecule has 2 aliphatic rings. The molecule has 10 heavy (non-hydrogen) atoms. The second-order valence-corrected chi connectivity index (χ2v) is 3.60. The molecule has 0 N–H and O–H groups in total. The summed E-state index contributed by atoms with van der Waals surface area (Å²) in [5, 5.41) is 8.19. The molecule has 1 fully saturated rings. The lowest BCUT2D eigenvalue weighted by Crippen LogP contribution is -2.17. The lowest BCUT2D eigenvalue weighted by atomic mass is 9.98. The first-order chi connectivity index (χ1) is 4.64. The average Bonchev–Trinajstić information content (AvgIpc) is 2.56. The first-order valence-electron chi connectivity index (χ1n) is 3.74. The summed E-state index contributed by atoms with van der Waals surface area (Å²) in [5.74, 6) is 0.713. The zero-order valence-electron chi connectivity index (χ0n) is 6.68. The van der Waals surface area contributed by atoms with Crippen LogP contribution in [-0.4, -0.2) is 11.4 Å². The number of hydrogen-bond donors (Lipinski definition) is 0. The van der Waals surface area contributed by atoms with Crippen LogP contribution in [0.3, 0.4) is 0 Å². The van der Waals surface area contributed by atoms with Crippen LogP contribution in [0.5, 0.6) is 0 Å². The molecule has 2 nitrogen and oxygen atoms in total. The van der Waals surface area contributed by atoms with Crippen LogP contribution in [0.4, 0.5) is 0 Å². The van der Waals surface area contributed by atoms with Gasteiger partial charge >= 0.3 is 0 Å². The van der Waals surface area contributed by atoms with Crippen LogP contribution >= 0.6 is 0 Å². The highest BCUT2D eigenvalue weighted by Gasteiger charge is 2.55. The highest BCUT2D eigenvalue weighted by atomic mass is 15.2. The summed E-state index contributed by atoms with van der Waals surface area (Å²) < 4.78 is 0. The molecule has 0 radical (unpaired) electrons. The van der Waals surface area contributed by atoms with Crippen molar-refractivity contribution in [3.63, 3.8) is 0 Å². The first-order valence-corrected chi connectivity index (χ1v) is 3.74. The lowest BCUT2D eigenvalue weighted by molar-refractivity contribution is 0.736. The Morgan fingerprint density at radius 1 is 1.40 bits per heavy atom. The van der Waals surface area contributed by atoms with Crippen molar-refractivity contribution in [3.8, 4) is 0 Å². The van der Waals surface area contributed by atoms with Gasteiger partial charge in [0, 0.05) is 22.8 Å². The summed E-state index contributed by atoms with van der Waals surface area (Å²) in [6.45, 7) is 6.43. The van der Waals surface area contributed by atoms with Crippen molar-refractivity contribution in [3.05, 3.63) is 0 Å². The summed E-state index contributed by atoms with van der Waals surface area (Å²) in [6, 6.07) is 0. The highest BCUT2D eigenvalue weighted by Crippen LogP contribution is 2.55. The molecule has 54 valence electrons. The van der Waals surface area contributed by atoms with Gasteiger partial charge in [0.05, 0.1) is 0 Å². The SMILES string of the molecule is CC1=NN=C(C)C2(C)CC12. The summed E-state index contributed by atoms with van der Waals surface area (Å²) in [5.41, 5.74) is 2.82. The molecule has 1 aliphatic carbocycles. The molecule has 1 saturated carbocycles. The zero-order chi connectivity index (χ0) is 7.35. The minimum Gasteiger partial charge on any atom is -0.160 e. The summed E-state index contributed by atoms with van der Waals surface area (Å²) in [6.07, 6.45) is 1.26. The van der Waals surface area contributed by atoms with Crippen molar-refractivity contribution in [2.45, 2.75) is 27.2 Å². The molecule has 0 saturated heterocycles. The predicted octanol–water partition coefficient (Wildman–Crippen LogP) is 1.86. The highest BCUT2D eigenvalue weighted by molar-refractivity contribution is 6.02. The molecule has 2 atom stereocenters. The van der Waals surface area contributed by atoms with E-state index in [4.69, 9.17) is 0 Å². The lowest BCUT2D eigenvalue weighted by Gasteiger charge is -2.12. The van der Waals surface area contributed by atoms with Gasteiger partial charge in [0.25, 0.3) is 0 Å². The molecular weight excluding hydrogens is 124 g/mol. The zero-order valence-corrected chi connectivity index (χ0v) is 6.68. The van der Waals surface area contributed by atoms with Gasteiger partial charge in [-0.3, -0.25) is 0 Å². The Kier molecular flexibility index (Phi) is 0.908. The third-order valence-electron chi connectivity index (χ3n) is 2.93. The van der Waals surface area contributed by atoms with Gasteiger partial charge in [0.2, 0.25) is 0 Å². The van der Waals surface area contributed by atoms with Crippen LogP contribution in [0.25, 0.3) is 0 Å². The molecule has 0 amide bonds. The van der Waals surface area contributed by atoms with Crippen LogP contribution < -0.4 is 0 Å². The predicted molar refractivity (Wildman–Crippen MR) is 42.4 cm³/mol. The van der Waals surface area contributed by atoms with Crippen LogP contribution in [-0.2, 0) is 0 Å². The Bertz CT molecular complexity index is 240. The monoisotopic (exact) mass is 136 g/mol. The van der Waals surface area contributed by atoms with E-state index in [1.54, 1.807) is 0 Å². The molecule has 0 aromatic carbocycles. The third-order valence-corrected chi connectivity index (χ3v) is 2.93. The second-order valence-electron chi connectivity index (χ2n) is 3.60. The van der Waals surface area contributed by atoms with E-state index in [1.165, 1.54) is 17.8 Å². The number of hydrogen-bond acceptors (Lipinski definition) is 2. The normalized spacial score (nSPS) is 43.7. The second kappa shape index (κ2) is 1.49. The Balaban J connectivity index is 2.40. The van der Waals surface area contributed by atoms with E-state index in [-0.39, 0.29) is 0 Å². The van der Waals surface area contributed by atoms with Crippen LogP contribution in [0.1, 0.15) is 27.2 Å². The van der Waals surface area contributed by atoms with Crippen LogP contribution in [0.15, 0.2) is 10.2 Å². The van der Waals surface area contributed by atoms with Gasteiger partial charge < -0.3 is 0 Å². The molecule has 0 aromatic rings. The van der Waals surface area contributed by atoms with E-state index in [2.05, 4.69) is 31.0 Å². The van der Waals surface area contributed by atoms with Gasteiger partial charge in [0.1, 0.15) is 0 Å². The van der Waals surface area contributed by atoms with E-state index < -0.39 is 0 Å². The molecule has 0 spiro atoms. The van der Waals surface area contributed by atoms with Crippen molar-refractivity contribution < 1.29 is 0 Å². The van der Waals surface area contributed by atoms with Crippen molar-refractivity contribution in [1.29, 1.82) is 0 Å². The van der Waals surface area contributed by atoms with Crippen molar-refractivity contribution in [2.75, 3.05) is 0 Å². The average molecular weight is 136 g/mol. The molecular formula is C8H12N2. The van der Waals surface area contributed by atoms with Gasteiger partial charge in [0.15, 0.2) is 0 Å². The van der Waals surface area contributed by atoms with Crippen molar-refractivity contribution in [1.82, 2.24) is 0 Å². The summed E-state index contributed by atoms with van der Waals surface area (Å²) in [4.78, 5) is 0. The standard InChI is InChI=1S/C8H12N2/c1-5-7-4-8(7,3)6(2)10-9-5/h7H,4H2,1-3H3. The molecule has 2 heteroatoms. The number of nitrogens with zero attached hydrogens (tertiary/aromatic N) is 2. The van der Waals surface area contributed by atoms with E-state index in [9.17, 15) is 0 Å². The molecule has 2 unspecified atom stereocenters. The van der Waals surface area contributed by atoms with Crippen molar-refractivity contribution in [2.24, 2.45) is 21.5 Å². The Morgan fingerprint density at radius 2 is 2.10 bits per heavy atom. The minimum atomic E-state index is 0.395. The molecule has 0 bridgehead atoms. The molecule has 1 heterocycles. The van der Waals surface area contributed by atoms with Gasteiger partial charge in [-0.2, -0.15) is 10.2 Å². The van der Waals surface area contributed by atoms with Gasteiger partial charge in [-0.25, -0.2) is 0 Å². The topological polar surface area (TPSA) is 24.7 Å². The van der Waals surface area contributed by atoms with E-state index in [1.807, 2.05) is 0 Å². The number of rotatable bonds is 0. The first kappa shape index (κ1) is 6.08. The van der Waals surface area contributed by atoms with E-state index in [0.29, 0.717) is 11.3 Å². The smallest absolute Gasteiger partial charge is 0.0440 e. The maximum atomic E-state index is 4.11. The fourth-order valence-corrected chi connectivity index (χ4v) is 1.71. The minimum absolute atomic E-state index is 0.395. The fraction of sp³-hybridized carbons (Fsp3) is 0.750. The Morgan fingerprint density at radius 3 is 2.70 bits per heavy atom. The quantitative estimate of drug-likeness (QED) is 0.485. The van der Waals surface area contributed by atoms with Gasteiger partial charge in [-0.05, 0) is 20.3 Å². The fourth-order valence-electron chi connectivity index (χ4n) is 1.71.